The number of methoxy groups -OCH3 is 1. The van der Waals surface area contributed by atoms with Crippen molar-refractivity contribution in [2.45, 2.75) is 12.8 Å². The number of aliphatic carboxylic acids is 1. The number of carbonyl (C=O) groups is 1. The zero-order valence-corrected chi connectivity index (χ0v) is 9.84. The van der Waals surface area contributed by atoms with Gasteiger partial charge in [-0.05, 0) is 28.9 Å². The SMILES string of the molecule is COc1cc(F)c(C(C)C(=O)O)cc1Br. The van der Waals surface area contributed by atoms with Gasteiger partial charge in [-0.15, -0.1) is 0 Å². The van der Waals surface area contributed by atoms with Crippen LogP contribution in [0.1, 0.15) is 18.4 Å². The summed E-state index contributed by atoms with van der Waals surface area (Å²) in [6.07, 6.45) is 0. The molecule has 0 amide bonds. The Balaban J connectivity index is 3.21. The van der Waals surface area contributed by atoms with Crippen LogP contribution < -0.4 is 4.74 Å². The fourth-order valence-corrected chi connectivity index (χ4v) is 1.69. The molecule has 1 atom stereocenters. The maximum atomic E-state index is 13.5. The number of hydrogen-bond donors (Lipinski definition) is 1. The second kappa shape index (κ2) is 4.61. The summed E-state index contributed by atoms with van der Waals surface area (Å²) in [5.74, 6) is -2.18. The molecule has 0 aliphatic carbocycles. The van der Waals surface area contributed by atoms with Crippen LogP contribution in [0.3, 0.4) is 0 Å². The molecule has 5 heteroatoms. The van der Waals surface area contributed by atoms with Gasteiger partial charge in [0.15, 0.2) is 0 Å². The molecule has 0 saturated carbocycles. The Kier molecular flexibility index (Phi) is 3.68. The van der Waals surface area contributed by atoms with Crippen LogP contribution in [0.4, 0.5) is 4.39 Å². The third-order valence-electron chi connectivity index (χ3n) is 2.11. The van der Waals surface area contributed by atoms with Crippen LogP contribution in [-0.2, 0) is 4.79 Å². The Hall–Kier alpha value is -1.10. The lowest BCUT2D eigenvalue weighted by molar-refractivity contribution is -0.138. The van der Waals surface area contributed by atoms with Crippen molar-refractivity contribution in [2.24, 2.45) is 0 Å². The number of carboxylic acid groups (broad SMARTS) is 1. The largest absolute Gasteiger partial charge is 0.495 e. The molecule has 3 nitrogen and oxygen atoms in total. The summed E-state index contributed by atoms with van der Waals surface area (Å²) < 4.78 is 18.9. The molecule has 1 aromatic carbocycles. The van der Waals surface area contributed by atoms with E-state index >= 15 is 0 Å². The van der Waals surface area contributed by atoms with E-state index < -0.39 is 17.7 Å². The van der Waals surface area contributed by atoms with Gasteiger partial charge in [0, 0.05) is 11.6 Å². The van der Waals surface area contributed by atoms with Gasteiger partial charge in [-0.1, -0.05) is 0 Å². The molecule has 1 rings (SSSR count). The van der Waals surface area contributed by atoms with E-state index in [1.165, 1.54) is 26.2 Å². The number of rotatable bonds is 3. The van der Waals surface area contributed by atoms with Gasteiger partial charge in [0.05, 0.1) is 17.5 Å². The lowest BCUT2D eigenvalue weighted by Crippen LogP contribution is -2.09. The van der Waals surface area contributed by atoms with Crippen LogP contribution in [-0.4, -0.2) is 18.2 Å². The highest BCUT2D eigenvalue weighted by atomic mass is 79.9. The molecule has 0 heterocycles. The van der Waals surface area contributed by atoms with E-state index in [4.69, 9.17) is 9.84 Å². The van der Waals surface area contributed by atoms with Gasteiger partial charge in [0.1, 0.15) is 11.6 Å². The lowest BCUT2D eigenvalue weighted by atomic mass is 10.0. The summed E-state index contributed by atoms with van der Waals surface area (Å²) in [5.41, 5.74) is 0.134. The van der Waals surface area contributed by atoms with Crippen LogP contribution in [0.2, 0.25) is 0 Å². The molecule has 15 heavy (non-hydrogen) atoms. The number of benzene rings is 1. The van der Waals surface area contributed by atoms with Gasteiger partial charge in [0.2, 0.25) is 0 Å². The number of carboxylic acids is 1. The Bertz CT molecular complexity index is 392. The van der Waals surface area contributed by atoms with Crippen molar-refractivity contribution in [3.05, 3.63) is 28.0 Å². The topological polar surface area (TPSA) is 46.5 Å². The van der Waals surface area contributed by atoms with Crippen molar-refractivity contribution in [3.8, 4) is 5.75 Å². The molecule has 0 saturated heterocycles. The Morgan fingerprint density at radius 2 is 2.20 bits per heavy atom. The molecule has 82 valence electrons. The van der Waals surface area contributed by atoms with E-state index in [0.29, 0.717) is 10.2 Å². The first-order valence-corrected chi connectivity index (χ1v) is 5.02. The molecule has 0 aromatic heterocycles. The van der Waals surface area contributed by atoms with E-state index in [2.05, 4.69) is 15.9 Å². The molecule has 0 radical (unpaired) electrons. The van der Waals surface area contributed by atoms with Gasteiger partial charge in [-0.3, -0.25) is 4.79 Å². The van der Waals surface area contributed by atoms with Crippen LogP contribution >= 0.6 is 15.9 Å². The molecule has 0 bridgehead atoms. The second-order valence-corrected chi connectivity index (χ2v) is 3.92. The minimum absolute atomic E-state index is 0.134. The third-order valence-corrected chi connectivity index (χ3v) is 2.73. The molecule has 0 spiro atoms. The van der Waals surface area contributed by atoms with Crippen molar-refractivity contribution < 1.29 is 19.0 Å². The Labute approximate surface area is 95.0 Å². The monoisotopic (exact) mass is 276 g/mol. The molecule has 1 aromatic rings. The normalized spacial score (nSPS) is 12.3. The van der Waals surface area contributed by atoms with Gasteiger partial charge < -0.3 is 9.84 Å². The molecular weight excluding hydrogens is 267 g/mol. The highest BCUT2D eigenvalue weighted by molar-refractivity contribution is 9.10. The van der Waals surface area contributed by atoms with E-state index in [1.807, 2.05) is 0 Å². The predicted octanol–water partition coefficient (Wildman–Crippen LogP) is 2.78. The fourth-order valence-electron chi connectivity index (χ4n) is 1.17. The molecule has 1 unspecified atom stereocenters. The third kappa shape index (κ3) is 2.47. The average molecular weight is 277 g/mol. The molecule has 1 N–H and O–H groups in total. The first kappa shape index (κ1) is 12.0. The zero-order valence-electron chi connectivity index (χ0n) is 8.25. The average Bonchev–Trinajstić information content (AvgIpc) is 2.19. The maximum absolute atomic E-state index is 13.5. The molecule has 0 aliphatic rings. The number of hydrogen-bond acceptors (Lipinski definition) is 2. The van der Waals surface area contributed by atoms with Crippen LogP contribution in [0.5, 0.6) is 5.75 Å². The molecule has 0 aliphatic heterocycles. The minimum Gasteiger partial charge on any atom is -0.495 e. The Morgan fingerprint density at radius 3 is 2.67 bits per heavy atom. The highest BCUT2D eigenvalue weighted by Gasteiger charge is 2.19. The van der Waals surface area contributed by atoms with Crippen molar-refractivity contribution in [2.75, 3.05) is 7.11 Å². The van der Waals surface area contributed by atoms with Gasteiger partial charge >= 0.3 is 5.97 Å². The quantitative estimate of drug-likeness (QED) is 0.924. The van der Waals surface area contributed by atoms with E-state index in [1.54, 1.807) is 0 Å². The van der Waals surface area contributed by atoms with Crippen molar-refractivity contribution in [3.63, 3.8) is 0 Å². The van der Waals surface area contributed by atoms with Crippen LogP contribution in [0.25, 0.3) is 0 Å². The van der Waals surface area contributed by atoms with Crippen LogP contribution in [0.15, 0.2) is 16.6 Å². The second-order valence-electron chi connectivity index (χ2n) is 3.07. The summed E-state index contributed by atoms with van der Waals surface area (Å²) in [7, 11) is 1.42. The van der Waals surface area contributed by atoms with Crippen molar-refractivity contribution in [1.29, 1.82) is 0 Å². The highest BCUT2D eigenvalue weighted by Crippen LogP contribution is 2.31. The maximum Gasteiger partial charge on any atom is 0.310 e. The number of halogens is 2. The van der Waals surface area contributed by atoms with E-state index in [9.17, 15) is 9.18 Å². The Morgan fingerprint density at radius 1 is 1.60 bits per heavy atom. The van der Waals surface area contributed by atoms with Gasteiger partial charge in [-0.25, -0.2) is 4.39 Å². The standard InChI is InChI=1S/C10H10BrFO3/c1-5(10(13)14)6-3-7(11)9(15-2)4-8(6)12/h3-5H,1-2H3,(H,13,14). The first-order chi connectivity index (χ1) is 6.97. The zero-order chi connectivity index (χ0) is 11.6. The summed E-state index contributed by atoms with van der Waals surface area (Å²) in [6.45, 7) is 1.43. The molecular formula is C10H10BrFO3. The van der Waals surface area contributed by atoms with Gasteiger partial charge in [-0.2, -0.15) is 0 Å². The molecule has 0 fully saturated rings. The summed E-state index contributed by atoms with van der Waals surface area (Å²) in [4.78, 5) is 10.7. The summed E-state index contributed by atoms with van der Waals surface area (Å²) in [5, 5.41) is 8.76. The lowest BCUT2D eigenvalue weighted by Gasteiger charge is -2.11. The first-order valence-electron chi connectivity index (χ1n) is 4.23. The minimum atomic E-state index is -1.06. The van der Waals surface area contributed by atoms with Crippen molar-refractivity contribution in [1.82, 2.24) is 0 Å². The fraction of sp³-hybridized carbons (Fsp3) is 0.300. The smallest absolute Gasteiger partial charge is 0.310 e. The number of ether oxygens (including phenoxy) is 1. The van der Waals surface area contributed by atoms with Crippen molar-refractivity contribution >= 4 is 21.9 Å². The summed E-state index contributed by atoms with van der Waals surface area (Å²) >= 11 is 3.17. The predicted molar refractivity (Wildman–Crippen MR) is 56.7 cm³/mol. The van der Waals surface area contributed by atoms with Gasteiger partial charge in [0.25, 0.3) is 0 Å². The van der Waals surface area contributed by atoms with Crippen LogP contribution in [0, 0.1) is 5.82 Å². The van der Waals surface area contributed by atoms with E-state index in [-0.39, 0.29) is 5.56 Å². The summed E-state index contributed by atoms with van der Waals surface area (Å²) in [6, 6.07) is 2.59. The van der Waals surface area contributed by atoms with E-state index in [0.717, 1.165) is 0 Å².